The van der Waals surface area contributed by atoms with Crippen LogP contribution in [0.4, 0.5) is 11.4 Å². The first-order valence-electron chi connectivity index (χ1n) is 8.29. The second-order valence-corrected chi connectivity index (χ2v) is 6.52. The van der Waals surface area contributed by atoms with Crippen LogP contribution in [0.3, 0.4) is 0 Å². The van der Waals surface area contributed by atoms with Crippen molar-refractivity contribution in [2.75, 3.05) is 16.9 Å². The largest absolute Gasteiger partial charge is 0.478 e. The predicted octanol–water partition coefficient (Wildman–Crippen LogP) is 4.22. The predicted molar refractivity (Wildman–Crippen MR) is 109 cm³/mol. The number of para-hydroxylation sites is 1. The molecule has 0 radical (unpaired) electrons. The summed E-state index contributed by atoms with van der Waals surface area (Å²) in [6.07, 6.45) is 1.64. The monoisotopic (exact) mass is 404 g/mol. The normalized spacial score (nSPS) is 16.4. The van der Waals surface area contributed by atoms with E-state index in [-0.39, 0.29) is 11.7 Å². The van der Waals surface area contributed by atoms with E-state index in [1.165, 1.54) is 0 Å². The van der Waals surface area contributed by atoms with Gasteiger partial charge < -0.3 is 15.8 Å². The van der Waals surface area contributed by atoms with Crippen molar-refractivity contribution in [1.29, 1.82) is 0 Å². The zero-order valence-corrected chi connectivity index (χ0v) is 16.0. The Labute approximate surface area is 167 Å². The number of hydrazone groups is 1. The van der Waals surface area contributed by atoms with Crippen LogP contribution in [-0.4, -0.2) is 18.3 Å². The molecule has 2 aromatic carbocycles. The van der Waals surface area contributed by atoms with Gasteiger partial charge in [-0.15, -0.1) is 0 Å². The van der Waals surface area contributed by atoms with Gasteiger partial charge in [0.05, 0.1) is 22.3 Å². The van der Waals surface area contributed by atoms with Gasteiger partial charge in [0.1, 0.15) is 11.8 Å². The van der Waals surface area contributed by atoms with Crippen LogP contribution in [0.15, 0.2) is 65.6 Å². The summed E-state index contributed by atoms with van der Waals surface area (Å²) in [6.45, 7) is 2.28. The molecule has 0 aliphatic carbocycles. The highest BCUT2D eigenvalue weighted by Gasteiger charge is 2.29. The van der Waals surface area contributed by atoms with Crippen molar-refractivity contribution in [2.45, 2.75) is 6.92 Å². The third kappa shape index (κ3) is 4.35. The van der Waals surface area contributed by atoms with Crippen LogP contribution in [0.2, 0.25) is 10.0 Å². The number of amides is 1. The Morgan fingerprint density at radius 2 is 1.96 bits per heavy atom. The van der Waals surface area contributed by atoms with E-state index in [4.69, 9.17) is 33.7 Å². The summed E-state index contributed by atoms with van der Waals surface area (Å²) in [5, 5.41) is 9.45. The van der Waals surface area contributed by atoms with E-state index in [1.807, 2.05) is 37.3 Å². The van der Waals surface area contributed by atoms with Crippen molar-refractivity contribution in [2.24, 2.45) is 16.8 Å². The van der Waals surface area contributed by atoms with Crippen LogP contribution in [0, 0.1) is 5.92 Å². The van der Waals surface area contributed by atoms with Crippen LogP contribution in [0.25, 0.3) is 0 Å². The fourth-order valence-electron chi connectivity index (χ4n) is 2.54. The Balaban J connectivity index is 1.85. The quantitative estimate of drug-likeness (QED) is 0.781. The van der Waals surface area contributed by atoms with Gasteiger partial charge in [-0.05, 0) is 43.3 Å². The van der Waals surface area contributed by atoms with Crippen LogP contribution < -0.4 is 16.1 Å². The molecule has 8 heteroatoms. The van der Waals surface area contributed by atoms with Gasteiger partial charge in [0.15, 0.2) is 0 Å². The molecule has 3 rings (SSSR count). The highest BCUT2D eigenvalue weighted by atomic mass is 35.5. The Bertz CT molecular complexity index is 900. The summed E-state index contributed by atoms with van der Waals surface area (Å²) < 4.78 is 5.67. The Hall–Kier alpha value is -2.70. The lowest BCUT2D eigenvalue weighted by Gasteiger charge is -2.28. The Morgan fingerprint density at radius 3 is 2.63 bits per heavy atom. The van der Waals surface area contributed by atoms with Crippen molar-refractivity contribution < 1.29 is 9.53 Å². The maximum atomic E-state index is 12.7. The lowest BCUT2D eigenvalue weighted by Crippen LogP contribution is -2.40. The molecule has 0 bridgehead atoms. The number of carbonyl (C=O) groups is 1. The molecule has 1 atom stereocenters. The van der Waals surface area contributed by atoms with Gasteiger partial charge in [0.2, 0.25) is 11.8 Å². The molecule has 6 nitrogen and oxygen atoms in total. The number of nitrogens with two attached hydrogens (primary N) is 1. The Morgan fingerprint density at radius 1 is 1.22 bits per heavy atom. The van der Waals surface area contributed by atoms with Crippen molar-refractivity contribution in [3.8, 4) is 0 Å². The number of amidine groups is 1. The van der Waals surface area contributed by atoms with E-state index in [2.05, 4.69) is 10.4 Å². The highest BCUT2D eigenvalue weighted by Crippen LogP contribution is 2.28. The smallest absolute Gasteiger partial charge is 0.239 e. The van der Waals surface area contributed by atoms with E-state index in [0.29, 0.717) is 28.2 Å². The number of benzene rings is 2. The van der Waals surface area contributed by atoms with Crippen molar-refractivity contribution in [3.05, 3.63) is 70.5 Å². The summed E-state index contributed by atoms with van der Waals surface area (Å²) >= 11 is 11.9. The first-order chi connectivity index (χ1) is 13.0. The second kappa shape index (κ2) is 8.33. The van der Waals surface area contributed by atoms with Crippen LogP contribution in [0.5, 0.6) is 0 Å². The molecule has 2 aromatic rings. The number of nitrogens with zero attached hydrogens (tertiary/aromatic N) is 2. The van der Waals surface area contributed by atoms with Crippen molar-refractivity contribution in [3.63, 3.8) is 0 Å². The number of anilines is 2. The maximum Gasteiger partial charge on any atom is 0.239 e. The molecular formula is C19H18Cl2N4O2. The van der Waals surface area contributed by atoms with Gasteiger partial charge >= 0.3 is 0 Å². The van der Waals surface area contributed by atoms with Gasteiger partial charge in [0.25, 0.3) is 0 Å². The SMILES string of the molecule is CCOC1=CC(C(=O)Nc2ccc(Cl)c(Cl)c2)C(N)=NN1c1ccccc1. The fourth-order valence-corrected chi connectivity index (χ4v) is 2.84. The number of halogens is 2. The summed E-state index contributed by atoms with van der Waals surface area (Å²) in [7, 11) is 0. The van der Waals surface area contributed by atoms with Gasteiger partial charge in [0, 0.05) is 5.69 Å². The average molecular weight is 405 g/mol. The minimum absolute atomic E-state index is 0.153. The van der Waals surface area contributed by atoms with Crippen molar-refractivity contribution >= 4 is 46.3 Å². The molecule has 1 aliphatic heterocycles. The molecule has 0 fully saturated rings. The van der Waals surface area contributed by atoms with Crippen LogP contribution in [-0.2, 0) is 9.53 Å². The second-order valence-electron chi connectivity index (χ2n) is 5.71. The number of hydrogen-bond acceptors (Lipinski definition) is 5. The third-order valence-electron chi connectivity index (χ3n) is 3.81. The topological polar surface area (TPSA) is 79.9 Å². The fraction of sp³-hybridized carbons (Fsp3) is 0.158. The maximum absolute atomic E-state index is 12.7. The number of nitrogens with one attached hydrogen (secondary N) is 1. The van der Waals surface area contributed by atoms with Gasteiger partial charge in [-0.2, -0.15) is 10.1 Å². The number of ether oxygens (including phenoxy) is 1. The third-order valence-corrected chi connectivity index (χ3v) is 4.55. The summed E-state index contributed by atoms with van der Waals surface area (Å²) in [5.41, 5.74) is 7.37. The zero-order valence-electron chi connectivity index (χ0n) is 14.5. The van der Waals surface area contributed by atoms with Gasteiger partial charge in [-0.3, -0.25) is 4.79 Å². The molecule has 140 valence electrons. The first kappa shape index (κ1) is 19.1. The first-order valence-corrected chi connectivity index (χ1v) is 9.05. The molecule has 0 saturated heterocycles. The molecule has 1 aliphatic rings. The van der Waals surface area contributed by atoms with E-state index in [1.54, 1.807) is 29.3 Å². The molecule has 27 heavy (non-hydrogen) atoms. The minimum Gasteiger partial charge on any atom is -0.478 e. The van der Waals surface area contributed by atoms with Crippen molar-refractivity contribution in [1.82, 2.24) is 0 Å². The molecule has 0 aromatic heterocycles. The standard InChI is InChI=1S/C19H18Cl2N4O2/c1-2-27-17-11-14(18(22)24-25(17)13-6-4-3-5-7-13)19(26)23-12-8-9-15(20)16(21)10-12/h3-11,14H,2H2,1H3,(H2,22,24)(H,23,26). The van der Waals surface area contributed by atoms with Crippen LogP contribution >= 0.6 is 23.2 Å². The molecule has 1 unspecified atom stereocenters. The summed E-state index contributed by atoms with van der Waals surface area (Å²) in [6, 6.07) is 14.3. The average Bonchev–Trinajstić information content (AvgIpc) is 2.66. The Kier molecular flexibility index (Phi) is 5.88. The highest BCUT2D eigenvalue weighted by molar-refractivity contribution is 6.42. The lowest BCUT2D eigenvalue weighted by molar-refractivity contribution is -0.117. The molecule has 0 saturated carbocycles. The zero-order chi connectivity index (χ0) is 19.4. The lowest BCUT2D eigenvalue weighted by atomic mass is 10.1. The number of rotatable bonds is 5. The molecule has 0 spiro atoms. The van der Waals surface area contributed by atoms with Gasteiger partial charge in [-0.1, -0.05) is 41.4 Å². The van der Waals surface area contributed by atoms with Gasteiger partial charge in [-0.25, -0.2) is 0 Å². The van der Waals surface area contributed by atoms with E-state index in [9.17, 15) is 4.79 Å². The van der Waals surface area contributed by atoms with E-state index >= 15 is 0 Å². The summed E-state index contributed by atoms with van der Waals surface area (Å²) in [4.78, 5) is 12.7. The van der Waals surface area contributed by atoms with E-state index in [0.717, 1.165) is 5.69 Å². The summed E-state index contributed by atoms with van der Waals surface area (Å²) in [5.74, 6) is -0.535. The molecule has 3 N–H and O–H groups in total. The van der Waals surface area contributed by atoms with Crippen LogP contribution in [0.1, 0.15) is 6.92 Å². The minimum atomic E-state index is -0.777. The number of hydrogen-bond donors (Lipinski definition) is 2. The molecular weight excluding hydrogens is 387 g/mol. The molecule has 1 heterocycles. The number of carbonyl (C=O) groups excluding carboxylic acids is 1. The van der Waals surface area contributed by atoms with E-state index < -0.39 is 5.92 Å². The molecule has 1 amide bonds.